The summed E-state index contributed by atoms with van der Waals surface area (Å²) in [4.78, 5) is 12.2. The lowest BCUT2D eigenvalue weighted by Gasteiger charge is -1.99. The summed E-state index contributed by atoms with van der Waals surface area (Å²) in [5, 5.41) is 3.78. The molecule has 0 saturated carbocycles. The monoisotopic (exact) mass is 233 g/mol. The number of imidazole rings is 1. The van der Waals surface area contributed by atoms with Crippen LogP contribution in [0, 0.1) is 0 Å². The van der Waals surface area contributed by atoms with E-state index in [4.69, 9.17) is 15.4 Å². The minimum absolute atomic E-state index is 0.475. The van der Waals surface area contributed by atoms with Crippen LogP contribution in [-0.2, 0) is 4.94 Å². The molecule has 2 heterocycles. The number of nitrogens with one attached hydrogen (secondary N) is 2. The van der Waals surface area contributed by atoms with Crippen molar-refractivity contribution in [1.29, 1.82) is 0 Å². The van der Waals surface area contributed by atoms with Gasteiger partial charge in [-0.1, -0.05) is 5.16 Å². The molecular formula is C10H11N5O2. The lowest BCUT2D eigenvalue weighted by Crippen LogP contribution is -2.39. The molecule has 3 rings (SSSR count). The van der Waals surface area contributed by atoms with Crippen LogP contribution < -0.4 is 16.0 Å². The van der Waals surface area contributed by atoms with Crippen molar-refractivity contribution in [1.82, 2.24) is 15.4 Å². The molecule has 7 nitrogen and oxygen atoms in total. The maximum atomic E-state index is 5.74. The molecule has 0 radical (unpaired) electrons. The zero-order valence-electron chi connectivity index (χ0n) is 9.10. The Hall–Kier alpha value is -2.12. The summed E-state index contributed by atoms with van der Waals surface area (Å²) in [6.45, 7) is 0. The number of H-pyrrole nitrogens is 1. The summed E-state index contributed by atoms with van der Waals surface area (Å²) in [7, 11) is 1.61. The van der Waals surface area contributed by atoms with E-state index in [0.29, 0.717) is 11.5 Å². The fourth-order valence-corrected chi connectivity index (χ4v) is 1.67. The number of nitrogens with two attached hydrogens (primary N) is 1. The highest BCUT2D eigenvalue weighted by Crippen LogP contribution is 2.19. The quantitative estimate of drug-likeness (QED) is 0.683. The summed E-state index contributed by atoms with van der Waals surface area (Å²) in [5.41, 5.74) is 10.5. The van der Waals surface area contributed by atoms with Gasteiger partial charge in [0.1, 0.15) is 11.9 Å². The second-order valence-electron chi connectivity index (χ2n) is 3.63. The molecule has 4 N–H and O–H groups in total. The standard InChI is InChI=1S/C10H11N5O2/c1-16-5-2-3-6-7(4-5)13-10(12-6)8-9(11)15-17-14-8/h2-4,9,15H,11H2,1H3,(H,12,13). The molecule has 2 aromatic rings. The Morgan fingerprint density at radius 3 is 3.06 bits per heavy atom. The van der Waals surface area contributed by atoms with E-state index in [1.54, 1.807) is 7.11 Å². The number of nitrogens with zero attached hydrogens (tertiary/aromatic N) is 2. The lowest BCUT2D eigenvalue weighted by molar-refractivity contribution is 0.0610. The average molecular weight is 233 g/mol. The number of fused-ring (bicyclic) bond motifs is 1. The van der Waals surface area contributed by atoms with Crippen molar-refractivity contribution in [3.63, 3.8) is 0 Å². The lowest BCUT2D eigenvalue weighted by atomic mass is 10.3. The molecule has 88 valence electrons. The molecule has 1 aliphatic heterocycles. The van der Waals surface area contributed by atoms with Crippen molar-refractivity contribution in [2.24, 2.45) is 10.9 Å². The molecule has 1 aromatic carbocycles. The van der Waals surface area contributed by atoms with Gasteiger partial charge in [0.2, 0.25) is 0 Å². The Kier molecular flexibility index (Phi) is 2.20. The van der Waals surface area contributed by atoms with Crippen LogP contribution >= 0.6 is 0 Å². The molecular weight excluding hydrogens is 222 g/mol. The van der Waals surface area contributed by atoms with E-state index in [9.17, 15) is 0 Å². The zero-order chi connectivity index (χ0) is 11.8. The van der Waals surface area contributed by atoms with Gasteiger partial charge in [0.05, 0.1) is 18.1 Å². The molecule has 1 unspecified atom stereocenters. The largest absolute Gasteiger partial charge is 0.497 e. The molecule has 7 heteroatoms. The molecule has 0 amide bonds. The maximum absolute atomic E-state index is 5.74. The second-order valence-corrected chi connectivity index (χ2v) is 3.63. The highest BCUT2D eigenvalue weighted by atomic mass is 16.8. The first kappa shape index (κ1) is 10.1. The van der Waals surface area contributed by atoms with Gasteiger partial charge in [0.25, 0.3) is 0 Å². The van der Waals surface area contributed by atoms with Crippen molar-refractivity contribution in [2.45, 2.75) is 6.17 Å². The zero-order valence-corrected chi connectivity index (χ0v) is 9.10. The fraction of sp³-hybridized carbons (Fsp3) is 0.200. The third-order valence-corrected chi connectivity index (χ3v) is 2.55. The van der Waals surface area contributed by atoms with Crippen molar-refractivity contribution in [3.8, 4) is 5.75 Å². The number of aromatic nitrogens is 2. The number of hydroxylamine groups is 1. The van der Waals surface area contributed by atoms with Gasteiger partial charge in [0, 0.05) is 6.07 Å². The van der Waals surface area contributed by atoms with Crippen molar-refractivity contribution in [2.75, 3.05) is 7.11 Å². The van der Waals surface area contributed by atoms with Crippen LogP contribution in [0.15, 0.2) is 23.4 Å². The van der Waals surface area contributed by atoms with Gasteiger partial charge in [0.15, 0.2) is 11.5 Å². The Balaban J connectivity index is 2.07. The van der Waals surface area contributed by atoms with Gasteiger partial charge in [-0.2, -0.15) is 0 Å². The fourth-order valence-electron chi connectivity index (χ4n) is 1.67. The van der Waals surface area contributed by atoms with Gasteiger partial charge in [-0.25, -0.2) is 4.98 Å². The van der Waals surface area contributed by atoms with Gasteiger partial charge in [-0.05, 0) is 12.1 Å². The molecule has 1 aliphatic rings. The first-order valence-electron chi connectivity index (χ1n) is 5.07. The number of hydrogen-bond donors (Lipinski definition) is 3. The SMILES string of the molecule is COc1ccc2[nH]c(C3=NONC3N)nc2c1. The van der Waals surface area contributed by atoms with E-state index in [1.165, 1.54) is 0 Å². The number of oxime groups is 1. The van der Waals surface area contributed by atoms with E-state index >= 15 is 0 Å². The number of rotatable bonds is 2. The Morgan fingerprint density at radius 2 is 2.35 bits per heavy atom. The average Bonchev–Trinajstić information content (AvgIpc) is 2.93. The highest BCUT2D eigenvalue weighted by Gasteiger charge is 2.23. The van der Waals surface area contributed by atoms with E-state index in [2.05, 4.69) is 20.6 Å². The Labute approximate surface area is 96.6 Å². The molecule has 0 saturated heterocycles. The van der Waals surface area contributed by atoms with Crippen LogP contribution in [-0.4, -0.2) is 29.0 Å². The van der Waals surface area contributed by atoms with Crippen molar-refractivity contribution < 1.29 is 9.68 Å². The third kappa shape index (κ3) is 1.61. The van der Waals surface area contributed by atoms with Crippen LogP contribution in [0.1, 0.15) is 5.82 Å². The summed E-state index contributed by atoms with van der Waals surface area (Å²) >= 11 is 0. The third-order valence-electron chi connectivity index (χ3n) is 2.55. The smallest absolute Gasteiger partial charge is 0.159 e. The Morgan fingerprint density at radius 1 is 1.47 bits per heavy atom. The van der Waals surface area contributed by atoms with Crippen LogP contribution in [0.5, 0.6) is 5.75 Å². The van der Waals surface area contributed by atoms with Gasteiger partial charge >= 0.3 is 0 Å². The van der Waals surface area contributed by atoms with Crippen LogP contribution in [0.2, 0.25) is 0 Å². The van der Waals surface area contributed by atoms with Crippen molar-refractivity contribution in [3.05, 3.63) is 24.0 Å². The van der Waals surface area contributed by atoms with E-state index in [1.807, 2.05) is 18.2 Å². The van der Waals surface area contributed by atoms with E-state index in [0.717, 1.165) is 16.8 Å². The normalized spacial score (nSPS) is 19.2. The van der Waals surface area contributed by atoms with Gasteiger partial charge in [-0.3, -0.25) is 4.94 Å². The predicted octanol–water partition coefficient (Wildman–Crippen LogP) is 0.0952. The summed E-state index contributed by atoms with van der Waals surface area (Å²) in [5.74, 6) is 1.34. The molecule has 1 atom stereocenters. The summed E-state index contributed by atoms with van der Waals surface area (Å²) in [6, 6.07) is 5.58. The first-order chi connectivity index (χ1) is 8.28. The second kappa shape index (κ2) is 3.72. The number of hydrogen-bond acceptors (Lipinski definition) is 6. The summed E-state index contributed by atoms with van der Waals surface area (Å²) < 4.78 is 5.13. The van der Waals surface area contributed by atoms with Crippen molar-refractivity contribution >= 4 is 16.7 Å². The minimum atomic E-state index is -0.475. The first-order valence-corrected chi connectivity index (χ1v) is 5.07. The van der Waals surface area contributed by atoms with Crippen LogP contribution in [0.25, 0.3) is 11.0 Å². The molecule has 1 aromatic heterocycles. The molecule has 17 heavy (non-hydrogen) atoms. The molecule has 0 aliphatic carbocycles. The predicted molar refractivity (Wildman–Crippen MR) is 61.4 cm³/mol. The van der Waals surface area contributed by atoms with Gasteiger partial charge in [-0.15, -0.1) is 5.48 Å². The van der Waals surface area contributed by atoms with E-state index < -0.39 is 6.17 Å². The van der Waals surface area contributed by atoms with Gasteiger partial charge < -0.3 is 15.5 Å². The number of benzene rings is 1. The highest BCUT2D eigenvalue weighted by molar-refractivity contribution is 6.03. The molecule has 0 fully saturated rings. The topological polar surface area (TPSA) is 97.5 Å². The number of methoxy groups -OCH3 is 1. The number of aromatic amines is 1. The molecule has 0 bridgehead atoms. The molecule has 0 spiro atoms. The summed E-state index contributed by atoms with van der Waals surface area (Å²) in [6.07, 6.45) is -0.475. The number of ether oxygens (including phenoxy) is 1. The van der Waals surface area contributed by atoms with E-state index in [-0.39, 0.29) is 0 Å². The Bertz CT molecular complexity index is 591. The van der Waals surface area contributed by atoms with Crippen LogP contribution in [0.3, 0.4) is 0 Å². The maximum Gasteiger partial charge on any atom is 0.159 e. The van der Waals surface area contributed by atoms with Crippen LogP contribution in [0.4, 0.5) is 0 Å². The minimum Gasteiger partial charge on any atom is -0.497 e.